The average molecular weight is 236 g/mol. The molecule has 0 spiro atoms. The van der Waals surface area contributed by atoms with E-state index in [9.17, 15) is 0 Å². The first-order chi connectivity index (χ1) is 8.77. The van der Waals surface area contributed by atoms with Crippen LogP contribution in [0.2, 0.25) is 0 Å². The summed E-state index contributed by atoms with van der Waals surface area (Å²) in [5.41, 5.74) is 2.27. The largest absolute Gasteiger partial charge is 0.245 e. The number of rotatable bonds is 2. The molecule has 0 unspecified atom stereocenters. The lowest BCUT2D eigenvalue weighted by molar-refractivity contribution is 1.45. The van der Waals surface area contributed by atoms with Crippen LogP contribution in [0.3, 0.4) is 0 Å². The Morgan fingerprint density at radius 1 is 1.11 bits per heavy atom. The van der Waals surface area contributed by atoms with Gasteiger partial charge in [-0.2, -0.15) is 0 Å². The van der Waals surface area contributed by atoms with E-state index >= 15 is 0 Å². The first-order valence-electron chi connectivity index (χ1n) is 5.92. The Labute approximate surface area is 107 Å². The molecule has 0 aromatic heterocycles. The van der Waals surface area contributed by atoms with Gasteiger partial charge in [-0.25, -0.2) is 9.98 Å². The number of benzene rings is 2. The van der Waals surface area contributed by atoms with Gasteiger partial charge in [-0.15, -0.1) is 0 Å². The Hall–Kier alpha value is -2.22. The van der Waals surface area contributed by atoms with Gasteiger partial charge in [0.25, 0.3) is 0 Å². The van der Waals surface area contributed by atoms with Gasteiger partial charge in [-0.05, 0) is 36.9 Å². The van der Waals surface area contributed by atoms with Crippen molar-refractivity contribution in [3.63, 3.8) is 0 Å². The zero-order valence-corrected chi connectivity index (χ0v) is 10.7. The molecule has 0 aliphatic rings. The van der Waals surface area contributed by atoms with Crippen LogP contribution in [0.25, 0.3) is 10.8 Å². The maximum atomic E-state index is 4.32. The molecule has 0 radical (unpaired) electrons. The summed E-state index contributed by atoms with van der Waals surface area (Å²) in [6.45, 7) is 7.64. The standard InChI is InChI=1S/C16H16N2/c1-4-11-18-16(17-3)15-10-9-12(2)13-7-5-6-8-14(13)15/h4-11H,3H2,1-2H3/b11-4-,18-16?. The van der Waals surface area contributed by atoms with E-state index in [0.29, 0.717) is 5.84 Å². The van der Waals surface area contributed by atoms with E-state index in [1.165, 1.54) is 10.9 Å². The van der Waals surface area contributed by atoms with E-state index in [0.717, 1.165) is 10.9 Å². The summed E-state index contributed by atoms with van der Waals surface area (Å²) in [7, 11) is 0. The third-order valence-corrected chi connectivity index (χ3v) is 2.88. The summed E-state index contributed by atoms with van der Waals surface area (Å²) in [5, 5.41) is 2.39. The van der Waals surface area contributed by atoms with E-state index in [1.807, 2.05) is 25.1 Å². The second kappa shape index (κ2) is 5.41. The van der Waals surface area contributed by atoms with Crippen molar-refractivity contribution in [2.24, 2.45) is 9.98 Å². The van der Waals surface area contributed by atoms with Crippen molar-refractivity contribution < 1.29 is 0 Å². The lowest BCUT2D eigenvalue weighted by Crippen LogP contribution is -1.98. The van der Waals surface area contributed by atoms with Gasteiger partial charge in [-0.3, -0.25) is 0 Å². The van der Waals surface area contributed by atoms with E-state index in [2.05, 4.69) is 47.9 Å². The lowest BCUT2D eigenvalue weighted by atomic mass is 10.00. The van der Waals surface area contributed by atoms with Crippen molar-refractivity contribution >= 4 is 23.3 Å². The molecule has 0 N–H and O–H groups in total. The molecule has 0 saturated heterocycles. The SMILES string of the molecule is C=NC(=N/C=C\C)c1ccc(C)c2ccccc12. The highest BCUT2D eigenvalue weighted by Gasteiger charge is 2.07. The van der Waals surface area contributed by atoms with Crippen molar-refractivity contribution in [1.29, 1.82) is 0 Å². The Balaban J connectivity index is 2.71. The molecule has 0 fully saturated rings. The van der Waals surface area contributed by atoms with E-state index < -0.39 is 0 Å². The van der Waals surface area contributed by atoms with Gasteiger partial charge in [0.1, 0.15) is 0 Å². The zero-order chi connectivity index (χ0) is 13.0. The maximum Gasteiger partial charge on any atom is 0.159 e. The molecular formula is C16H16N2. The second-order valence-corrected chi connectivity index (χ2v) is 4.07. The van der Waals surface area contributed by atoms with Crippen LogP contribution in [-0.4, -0.2) is 12.6 Å². The Morgan fingerprint density at radius 2 is 1.83 bits per heavy atom. The third-order valence-electron chi connectivity index (χ3n) is 2.88. The van der Waals surface area contributed by atoms with Crippen molar-refractivity contribution in [3.8, 4) is 0 Å². The van der Waals surface area contributed by atoms with E-state index in [1.54, 1.807) is 6.20 Å². The first-order valence-corrected chi connectivity index (χ1v) is 5.92. The van der Waals surface area contributed by atoms with Crippen LogP contribution in [0, 0.1) is 6.92 Å². The minimum Gasteiger partial charge on any atom is -0.245 e. The predicted octanol–water partition coefficient (Wildman–Crippen LogP) is 4.13. The fourth-order valence-corrected chi connectivity index (χ4v) is 1.99. The summed E-state index contributed by atoms with van der Waals surface area (Å²) < 4.78 is 0. The molecule has 0 atom stereocenters. The van der Waals surface area contributed by atoms with Crippen LogP contribution in [0.5, 0.6) is 0 Å². The summed E-state index contributed by atoms with van der Waals surface area (Å²) in [4.78, 5) is 8.34. The van der Waals surface area contributed by atoms with Crippen LogP contribution in [0.15, 0.2) is 58.7 Å². The Morgan fingerprint density at radius 3 is 2.50 bits per heavy atom. The molecule has 0 heterocycles. The van der Waals surface area contributed by atoms with Gasteiger partial charge in [0.05, 0.1) is 0 Å². The second-order valence-electron chi connectivity index (χ2n) is 4.07. The molecule has 18 heavy (non-hydrogen) atoms. The Bertz CT molecular complexity index is 637. The number of aryl methyl sites for hydroxylation is 1. The summed E-state index contributed by atoms with van der Waals surface area (Å²) in [5.74, 6) is 0.657. The van der Waals surface area contributed by atoms with E-state index in [-0.39, 0.29) is 0 Å². The lowest BCUT2D eigenvalue weighted by Gasteiger charge is -2.07. The van der Waals surface area contributed by atoms with Crippen molar-refractivity contribution in [3.05, 3.63) is 59.8 Å². The monoisotopic (exact) mass is 236 g/mol. The van der Waals surface area contributed by atoms with Crippen LogP contribution in [-0.2, 0) is 0 Å². The van der Waals surface area contributed by atoms with Crippen LogP contribution < -0.4 is 0 Å². The highest BCUT2D eigenvalue weighted by Crippen LogP contribution is 2.23. The highest BCUT2D eigenvalue weighted by atomic mass is 14.9. The van der Waals surface area contributed by atoms with Crippen LogP contribution >= 0.6 is 0 Å². The molecule has 0 aliphatic carbocycles. The predicted molar refractivity (Wildman–Crippen MR) is 79.6 cm³/mol. The fourth-order valence-electron chi connectivity index (χ4n) is 1.99. The highest BCUT2D eigenvalue weighted by molar-refractivity contribution is 6.12. The number of hydrogen-bond donors (Lipinski definition) is 0. The normalized spacial score (nSPS) is 12.2. The maximum absolute atomic E-state index is 4.32. The van der Waals surface area contributed by atoms with Gasteiger partial charge in [-0.1, -0.05) is 42.5 Å². The zero-order valence-electron chi connectivity index (χ0n) is 10.7. The molecule has 0 saturated carbocycles. The molecule has 0 bridgehead atoms. The molecule has 0 aliphatic heterocycles. The summed E-state index contributed by atoms with van der Waals surface area (Å²) in [6, 6.07) is 12.4. The first kappa shape index (κ1) is 12.2. The number of amidine groups is 1. The fraction of sp³-hybridized carbons (Fsp3) is 0.125. The summed E-state index contributed by atoms with van der Waals surface area (Å²) in [6.07, 6.45) is 3.61. The number of nitrogens with zero attached hydrogens (tertiary/aromatic N) is 2. The van der Waals surface area contributed by atoms with Crippen LogP contribution in [0.4, 0.5) is 0 Å². The molecule has 2 heteroatoms. The summed E-state index contributed by atoms with van der Waals surface area (Å²) >= 11 is 0. The minimum atomic E-state index is 0.657. The van der Waals surface area contributed by atoms with Crippen molar-refractivity contribution in [2.75, 3.05) is 0 Å². The van der Waals surface area contributed by atoms with Gasteiger partial charge < -0.3 is 0 Å². The molecule has 2 rings (SSSR count). The van der Waals surface area contributed by atoms with Gasteiger partial charge in [0.15, 0.2) is 5.84 Å². The average Bonchev–Trinajstić information content (AvgIpc) is 2.42. The smallest absolute Gasteiger partial charge is 0.159 e. The molecule has 2 nitrogen and oxygen atoms in total. The quantitative estimate of drug-likeness (QED) is 0.553. The number of allylic oxidation sites excluding steroid dienone is 1. The molecule has 90 valence electrons. The van der Waals surface area contributed by atoms with E-state index in [4.69, 9.17) is 0 Å². The Kier molecular flexibility index (Phi) is 3.68. The topological polar surface area (TPSA) is 24.7 Å². The number of fused-ring (bicyclic) bond motifs is 1. The minimum absolute atomic E-state index is 0.657. The number of hydrogen-bond acceptors (Lipinski definition) is 1. The molecule has 2 aromatic rings. The molecule has 2 aromatic carbocycles. The van der Waals surface area contributed by atoms with Gasteiger partial charge in [0, 0.05) is 11.8 Å². The van der Waals surface area contributed by atoms with Crippen molar-refractivity contribution in [1.82, 2.24) is 0 Å². The van der Waals surface area contributed by atoms with Crippen molar-refractivity contribution in [2.45, 2.75) is 13.8 Å². The van der Waals surface area contributed by atoms with Gasteiger partial charge in [0.2, 0.25) is 0 Å². The molecule has 0 amide bonds. The van der Waals surface area contributed by atoms with Crippen LogP contribution in [0.1, 0.15) is 18.1 Å². The molecular weight excluding hydrogens is 220 g/mol. The van der Waals surface area contributed by atoms with Gasteiger partial charge >= 0.3 is 0 Å². The third kappa shape index (κ3) is 2.23. The number of aliphatic imine (C=N–C) groups is 2.